The van der Waals surface area contributed by atoms with E-state index >= 15 is 0 Å². The number of methoxy groups -OCH3 is 1. The van der Waals surface area contributed by atoms with Gasteiger partial charge in [-0.25, -0.2) is 14.4 Å². The fraction of sp³-hybridized carbons (Fsp3) is 0.135. The van der Waals surface area contributed by atoms with Gasteiger partial charge in [-0.3, -0.25) is 4.79 Å². The number of alkyl carbamates (subject to hydrolysis) is 1. The lowest BCUT2D eigenvalue weighted by molar-refractivity contribution is -0.154. The lowest BCUT2D eigenvalue weighted by Crippen LogP contribution is -2.44. The molecule has 1 amide bonds. The summed E-state index contributed by atoms with van der Waals surface area (Å²) in [6, 6.07) is 23.0. The predicted molar refractivity (Wildman–Crippen MR) is 177 cm³/mol. The molecule has 1 unspecified atom stereocenters. The molecule has 0 fully saturated rings. The first-order valence-electron chi connectivity index (χ1n) is 15.3. The van der Waals surface area contributed by atoms with E-state index in [1.807, 2.05) is 24.3 Å². The van der Waals surface area contributed by atoms with Gasteiger partial charge in [-0.05, 0) is 53.6 Å². The Morgan fingerprint density at radius 1 is 0.882 bits per heavy atom. The number of benzene rings is 4. The fourth-order valence-corrected chi connectivity index (χ4v) is 5.20. The van der Waals surface area contributed by atoms with E-state index < -0.39 is 52.8 Å². The molecule has 6 rings (SSSR count). The lowest BCUT2D eigenvalue weighted by atomic mass is 10.1. The third kappa shape index (κ3) is 7.85. The highest BCUT2D eigenvalue weighted by Crippen LogP contribution is 2.39. The van der Waals surface area contributed by atoms with Crippen LogP contribution >= 0.6 is 0 Å². The van der Waals surface area contributed by atoms with Gasteiger partial charge in [0, 0.05) is 29.6 Å². The van der Waals surface area contributed by atoms with Crippen LogP contribution in [0, 0.1) is 0 Å². The van der Waals surface area contributed by atoms with Crippen molar-refractivity contribution in [3.8, 4) is 17.2 Å². The van der Waals surface area contributed by atoms with Crippen molar-refractivity contribution < 1.29 is 50.9 Å². The number of aromatic nitrogens is 1. The third-order valence-corrected chi connectivity index (χ3v) is 7.68. The first-order valence-corrected chi connectivity index (χ1v) is 15.3. The van der Waals surface area contributed by atoms with Crippen LogP contribution in [0.5, 0.6) is 17.2 Å². The Morgan fingerprint density at radius 3 is 2.31 bits per heavy atom. The fourth-order valence-electron chi connectivity index (χ4n) is 5.20. The third-order valence-electron chi connectivity index (χ3n) is 7.68. The van der Waals surface area contributed by atoms with Crippen LogP contribution in [0.15, 0.2) is 112 Å². The van der Waals surface area contributed by atoms with Gasteiger partial charge >= 0.3 is 24.2 Å². The SMILES string of the molecule is COC(=O)c1ccc(Oc2c(C(F)(F)F)oc3cc(OC(=O)C(Cc4c[nH]c5ccccc45)NC(=O)OCc4ccccc4)ccc3c2=O)cc1. The minimum Gasteiger partial charge on any atom is -0.465 e. The highest BCUT2D eigenvalue weighted by atomic mass is 19.4. The molecule has 1 atom stereocenters. The molecule has 51 heavy (non-hydrogen) atoms. The van der Waals surface area contributed by atoms with Gasteiger partial charge in [-0.15, -0.1) is 0 Å². The molecule has 6 aromatic rings. The molecule has 0 bridgehead atoms. The predicted octanol–water partition coefficient (Wildman–Crippen LogP) is 7.32. The number of para-hydroxylation sites is 1. The number of ether oxygens (including phenoxy) is 4. The Labute approximate surface area is 286 Å². The maximum atomic E-state index is 14.2. The number of alkyl halides is 3. The van der Waals surface area contributed by atoms with E-state index in [-0.39, 0.29) is 35.5 Å². The second-order valence-corrected chi connectivity index (χ2v) is 11.1. The molecule has 2 N–H and O–H groups in total. The number of esters is 2. The Kier molecular flexibility index (Phi) is 9.75. The van der Waals surface area contributed by atoms with Crippen LogP contribution < -0.4 is 20.2 Å². The van der Waals surface area contributed by atoms with Gasteiger partial charge in [0.1, 0.15) is 29.7 Å². The van der Waals surface area contributed by atoms with Crippen LogP contribution in [-0.2, 0) is 33.5 Å². The number of nitrogens with one attached hydrogen (secondary N) is 2. The van der Waals surface area contributed by atoms with E-state index in [4.69, 9.17) is 18.6 Å². The van der Waals surface area contributed by atoms with Gasteiger partial charge in [0.15, 0.2) is 0 Å². The average Bonchev–Trinajstić information content (AvgIpc) is 3.54. The van der Waals surface area contributed by atoms with E-state index in [9.17, 15) is 32.3 Å². The van der Waals surface area contributed by atoms with Crippen molar-refractivity contribution >= 4 is 39.9 Å². The number of amides is 1. The number of rotatable bonds is 10. The molecule has 0 radical (unpaired) electrons. The Bertz CT molecular complexity index is 2280. The zero-order valence-electron chi connectivity index (χ0n) is 26.6. The minimum atomic E-state index is -5.17. The summed E-state index contributed by atoms with van der Waals surface area (Å²) in [5, 5.41) is 3.00. The largest absolute Gasteiger partial charge is 0.465 e. The first kappa shape index (κ1) is 34.3. The Morgan fingerprint density at radius 2 is 1.59 bits per heavy atom. The Balaban J connectivity index is 1.27. The van der Waals surface area contributed by atoms with Gasteiger partial charge in [0.25, 0.3) is 5.76 Å². The number of aromatic amines is 1. The number of hydrogen-bond acceptors (Lipinski definition) is 9. The summed E-state index contributed by atoms with van der Waals surface area (Å²) in [6.45, 7) is -0.0721. The van der Waals surface area contributed by atoms with Crippen LogP contribution in [-0.4, -0.2) is 36.2 Å². The van der Waals surface area contributed by atoms with Crippen molar-refractivity contribution in [2.45, 2.75) is 25.2 Å². The van der Waals surface area contributed by atoms with Crippen molar-refractivity contribution in [3.63, 3.8) is 0 Å². The highest BCUT2D eigenvalue weighted by molar-refractivity contribution is 5.89. The number of H-pyrrole nitrogens is 1. The standard InChI is InChI=1S/C37H27F3N2O9/c1-47-34(44)22-11-13-24(14-12-22)49-32-31(43)27-16-15-25(18-30(27)51-33(32)37(38,39)40)50-35(45)29(17-23-19-41-28-10-6-5-9-26(23)28)42-36(46)48-20-21-7-3-2-4-8-21/h2-16,18-19,29,41H,17,20H2,1H3,(H,42,46). The van der Waals surface area contributed by atoms with Crippen LogP contribution in [0.1, 0.15) is 27.2 Å². The molecule has 0 saturated heterocycles. The normalized spacial score (nSPS) is 11.9. The number of hydrogen-bond donors (Lipinski definition) is 2. The van der Waals surface area contributed by atoms with Crippen molar-refractivity contribution in [2.24, 2.45) is 0 Å². The smallest absolute Gasteiger partial charge is 0.453 e. The summed E-state index contributed by atoms with van der Waals surface area (Å²) in [7, 11) is 1.17. The van der Waals surface area contributed by atoms with Gasteiger partial charge < -0.3 is 33.7 Å². The molecule has 0 spiro atoms. The van der Waals surface area contributed by atoms with Crippen LogP contribution in [0.4, 0.5) is 18.0 Å². The second kappa shape index (κ2) is 14.5. The molecule has 260 valence electrons. The summed E-state index contributed by atoms with van der Waals surface area (Å²) in [5.41, 5.74) is 0.578. The molecule has 2 heterocycles. The maximum Gasteiger partial charge on any atom is 0.453 e. The van der Waals surface area contributed by atoms with E-state index in [0.29, 0.717) is 11.1 Å². The maximum absolute atomic E-state index is 14.2. The lowest BCUT2D eigenvalue weighted by Gasteiger charge is -2.18. The van der Waals surface area contributed by atoms with E-state index in [1.54, 1.807) is 36.5 Å². The summed E-state index contributed by atoms with van der Waals surface area (Å²) in [6.07, 6.45) is -4.44. The zero-order chi connectivity index (χ0) is 36.1. The van der Waals surface area contributed by atoms with Crippen molar-refractivity contribution in [3.05, 3.63) is 136 Å². The van der Waals surface area contributed by atoms with Crippen LogP contribution in [0.3, 0.4) is 0 Å². The highest BCUT2D eigenvalue weighted by Gasteiger charge is 2.40. The topological polar surface area (TPSA) is 146 Å². The molecule has 0 aliphatic carbocycles. The number of carbonyl (C=O) groups excluding carboxylic acids is 3. The van der Waals surface area contributed by atoms with Crippen LogP contribution in [0.25, 0.3) is 21.9 Å². The summed E-state index contributed by atoms with van der Waals surface area (Å²) < 4.78 is 68.3. The van der Waals surface area contributed by atoms with Crippen molar-refractivity contribution in [2.75, 3.05) is 7.11 Å². The molecule has 0 saturated carbocycles. The van der Waals surface area contributed by atoms with Crippen molar-refractivity contribution in [1.29, 1.82) is 0 Å². The van der Waals surface area contributed by atoms with Crippen molar-refractivity contribution in [1.82, 2.24) is 10.3 Å². The summed E-state index contributed by atoms with van der Waals surface area (Å²) >= 11 is 0. The zero-order valence-corrected chi connectivity index (χ0v) is 26.6. The molecule has 0 aliphatic heterocycles. The monoisotopic (exact) mass is 700 g/mol. The molecule has 11 nitrogen and oxygen atoms in total. The molecule has 0 aliphatic rings. The average molecular weight is 701 g/mol. The van der Waals surface area contributed by atoms with E-state index in [2.05, 4.69) is 15.0 Å². The van der Waals surface area contributed by atoms with Gasteiger partial charge in [-0.2, -0.15) is 13.2 Å². The Hall–Kier alpha value is -6.57. The molecule has 14 heteroatoms. The van der Waals surface area contributed by atoms with E-state index in [1.165, 1.54) is 37.4 Å². The molecule has 2 aromatic heterocycles. The number of fused-ring (bicyclic) bond motifs is 2. The van der Waals surface area contributed by atoms with Crippen LogP contribution in [0.2, 0.25) is 0 Å². The summed E-state index contributed by atoms with van der Waals surface area (Å²) in [5.74, 6) is -4.96. The first-order chi connectivity index (χ1) is 24.5. The van der Waals surface area contributed by atoms with Gasteiger partial charge in [0.2, 0.25) is 11.2 Å². The molecular weight excluding hydrogens is 673 g/mol. The summed E-state index contributed by atoms with van der Waals surface area (Å²) in [4.78, 5) is 54.4. The number of carbonyl (C=O) groups is 3. The quantitative estimate of drug-likeness (QED) is 0.111. The minimum absolute atomic E-state index is 0.0362. The van der Waals surface area contributed by atoms with Gasteiger partial charge in [0.05, 0.1) is 18.1 Å². The second-order valence-electron chi connectivity index (χ2n) is 11.1. The molecule has 4 aromatic carbocycles. The van der Waals surface area contributed by atoms with Gasteiger partial charge in [-0.1, -0.05) is 48.5 Å². The molecular formula is C37H27F3N2O9. The van der Waals surface area contributed by atoms with E-state index in [0.717, 1.165) is 23.0 Å². The number of halogens is 3.